The van der Waals surface area contributed by atoms with Crippen LogP contribution in [0.3, 0.4) is 0 Å². The Kier molecular flexibility index (Phi) is 4.24. The van der Waals surface area contributed by atoms with Crippen molar-refractivity contribution in [2.45, 2.75) is 16.8 Å². The minimum atomic E-state index is 0.632. The summed E-state index contributed by atoms with van der Waals surface area (Å²) < 4.78 is 1.93. The summed E-state index contributed by atoms with van der Waals surface area (Å²) in [4.78, 5) is 0.990. The summed E-state index contributed by atoms with van der Waals surface area (Å²) in [6.45, 7) is 1.98. The van der Waals surface area contributed by atoms with Crippen LogP contribution in [-0.4, -0.2) is 9.78 Å². The van der Waals surface area contributed by atoms with Gasteiger partial charge in [0.1, 0.15) is 5.03 Å². The second kappa shape index (κ2) is 6.14. The summed E-state index contributed by atoms with van der Waals surface area (Å²) in [5.74, 6) is 0. The maximum absolute atomic E-state index is 6.06. The Morgan fingerprint density at radius 1 is 0.952 bits per heavy atom. The number of rotatable bonds is 3. The van der Waals surface area contributed by atoms with E-state index >= 15 is 0 Å². The summed E-state index contributed by atoms with van der Waals surface area (Å²) in [6, 6.07) is 17.6. The van der Waals surface area contributed by atoms with Gasteiger partial charge in [-0.05, 0) is 43.3 Å². The lowest BCUT2D eigenvalue weighted by atomic mass is 10.3. The van der Waals surface area contributed by atoms with E-state index in [0.717, 1.165) is 21.3 Å². The Bertz CT molecular complexity index is 749. The highest BCUT2D eigenvalue weighted by atomic mass is 35.5. The molecule has 0 saturated carbocycles. The van der Waals surface area contributed by atoms with Crippen molar-refractivity contribution in [1.29, 1.82) is 0 Å². The first kappa shape index (κ1) is 14.5. The lowest BCUT2D eigenvalue weighted by Gasteiger charge is -2.07. The molecular formula is C16H12Cl2N2S. The second-order valence-electron chi connectivity index (χ2n) is 4.58. The van der Waals surface area contributed by atoms with Crippen LogP contribution in [0, 0.1) is 6.92 Å². The molecule has 1 heterocycles. The van der Waals surface area contributed by atoms with E-state index in [2.05, 4.69) is 5.10 Å². The molecule has 5 heteroatoms. The lowest BCUT2D eigenvalue weighted by Crippen LogP contribution is -1.97. The Hall–Kier alpha value is -1.42. The molecule has 0 aliphatic rings. The van der Waals surface area contributed by atoms with Gasteiger partial charge in [-0.25, -0.2) is 4.68 Å². The van der Waals surface area contributed by atoms with E-state index in [1.807, 2.05) is 60.1 Å². The summed E-state index contributed by atoms with van der Waals surface area (Å²) in [5.41, 5.74) is 2.00. The van der Waals surface area contributed by atoms with Gasteiger partial charge in [0.25, 0.3) is 0 Å². The molecule has 0 N–H and O–H groups in total. The van der Waals surface area contributed by atoms with Gasteiger partial charge in [-0.2, -0.15) is 5.10 Å². The van der Waals surface area contributed by atoms with E-state index in [1.54, 1.807) is 17.8 Å². The van der Waals surface area contributed by atoms with E-state index in [-0.39, 0.29) is 0 Å². The van der Waals surface area contributed by atoms with E-state index in [1.165, 1.54) is 0 Å². The molecule has 106 valence electrons. The Morgan fingerprint density at radius 3 is 2.29 bits per heavy atom. The van der Waals surface area contributed by atoms with Crippen LogP contribution in [0.1, 0.15) is 5.69 Å². The zero-order valence-electron chi connectivity index (χ0n) is 11.3. The minimum absolute atomic E-state index is 0.632. The molecule has 3 aromatic rings. The third kappa shape index (κ3) is 3.43. The highest BCUT2D eigenvalue weighted by Gasteiger charge is 2.10. The predicted octanol–water partition coefficient (Wildman–Crippen LogP) is 5.64. The maximum Gasteiger partial charge on any atom is 0.105 e. The Balaban J connectivity index is 1.99. The number of benzene rings is 2. The Labute approximate surface area is 137 Å². The highest BCUT2D eigenvalue weighted by molar-refractivity contribution is 7.99. The van der Waals surface area contributed by atoms with Crippen LogP contribution >= 0.6 is 35.0 Å². The molecule has 0 spiro atoms. The van der Waals surface area contributed by atoms with Crippen molar-refractivity contribution in [3.05, 3.63) is 70.3 Å². The number of halogens is 2. The number of hydrogen-bond acceptors (Lipinski definition) is 2. The van der Waals surface area contributed by atoms with Gasteiger partial charge in [-0.15, -0.1) is 0 Å². The fraction of sp³-hybridized carbons (Fsp3) is 0.0625. The molecule has 0 atom stereocenters. The van der Waals surface area contributed by atoms with Gasteiger partial charge in [-0.3, -0.25) is 0 Å². The fourth-order valence-electron chi connectivity index (χ4n) is 2.01. The van der Waals surface area contributed by atoms with Gasteiger partial charge in [-0.1, -0.05) is 53.2 Å². The van der Waals surface area contributed by atoms with E-state index in [9.17, 15) is 0 Å². The highest BCUT2D eigenvalue weighted by Crippen LogP contribution is 2.33. The first-order valence-corrected chi connectivity index (χ1v) is 7.95. The van der Waals surface area contributed by atoms with Gasteiger partial charge >= 0.3 is 0 Å². The van der Waals surface area contributed by atoms with Crippen LogP contribution in [0.4, 0.5) is 0 Å². The van der Waals surface area contributed by atoms with Crippen molar-refractivity contribution in [2.24, 2.45) is 0 Å². The second-order valence-corrected chi connectivity index (χ2v) is 6.55. The number of para-hydroxylation sites is 1. The molecule has 0 amide bonds. The molecule has 0 aliphatic heterocycles. The molecular weight excluding hydrogens is 323 g/mol. The molecule has 0 unspecified atom stereocenters. The average molecular weight is 335 g/mol. The number of aryl methyl sites for hydroxylation is 1. The number of aromatic nitrogens is 2. The van der Waals surface area contributed by atoms with Gasteiger partial charge < -0.3 is 0 Å². The monoisotopic (exact) mass is 334 g/mol. The van der Waals surface area contributed by atoms with Crippen LogP contribution in [0.5, 0.6) is 0 Å². The third-order valence-corrected chi connectivity index (χ3v) is 4.27. The van der Waals surface area contributed by atoms with Crippen LogP contribution in [0.2, 0.25) is 10.0 Å². The van der Waals surface area contributed by atoms with Gasteiger partial charge in [0, 0.05) is 14.9 Å². The van der Waals surface area contributed by atoms with Gasteiger partial charge in [0.2, 0.25) is 0 Å². The summed E-state index contributed by atoms with van der Waals surface area (Å²) in [5, 5.41) is 6.84. The maximum atomic E-state index is 6.06. The van der Waals surface area contributed by atoms with Gasteiger partial charge in [0.15, 0.2) is 0 Å². The summed E-state index contributed by atoms with van der Waals surface area (Å²) in [7, 11) is 0. The first-order valence-electron chi connectivity index (χ1n) is 6.38. The largest absolute Gasteiger partial charge is 0.227 e. The normalized spacial score (nSPS) is 10.8. The average Bonchev–Trinajstić information content (AvgIpc) is 2.79. The first-order chi connectivity index (χ1) is 10.1. The molecule has 0 saturated heterocycles. The molecule has 1 aromatic heterocycles. The smallest absolute Gasteiger partial charge is 0.105 e. The lowest BCUT2D eigenvalue weighted by molar-refractivity contribution is 0.794. The third-order valence-electron chi connectivity index (χ3n) is 2.86. The van der Waals surface area contributed by atoms with Crippen molar-refractivity contribution in [1.82, 2.24) is 9.78 Å². The quantitative estimate of drug-likeness (QED) is 0.616. The Morgan fingerprint density at radius 2 is 1.62 bits per heavy atom. The van der Waals surface area contributed by atoms with Crippen LogP contribution in [-0.2, 0) is 0 Å². The standard InChI is InChI=1S/C16H12Cl2N2S/c1-11-7-16(20(19-11)14-5-3-2-4-6-14)21-15-9-12(17)8-13(18)10-15/h2-10H,1H3. The van der Waals surface area contributed by atoms with E-state index in [0.29, 0.717) is 10.0 Å². The zero-order chi connectivity index (χ0) is 14.8. The molecule has 0 fully saturated rings. The zero-order valence-corrected chi connectivity index (χ0v) is 13.6. The van der Waals surface area contributed by atoms with Crippen molar-refractivity contribution in [2.75, 3.05) is 0 Å². The van der Waals surface area contributed by atoms with Crippen molar-refractivity contribution < 1.29 is 0 Å². The van der Waals surface area contributed by atoms with Crippen molar-refractivity contribution in [3.63, 3.8) is 0 Å². The SMILES string of the molecule is Cc1cc(Sc2cc(Cl)cc(Cl)c2)n(-c2ccccc2)n1. The summed E-state index contributed by atoms with van der Waals surface area (Å²) >= 11 is 13.7. The molecule has 21 heavy (non-hydrogen) atoms. The molecule has 0 bridgehead atoms. The van der Waals surface area contributed by atoms with Gasteiger partial charge in [0.05, 0.1) is 11.4 Å². The van der Waals surface area contributed by atoms with Crippen LogP contribution in [0.15, 0.2) is 64.5 Å². The molecule has 0 radical (unpaired) electrons. The summed E-state index contributed by atoms with van der Waals surface area (Å²) in [6.07, 6.45) is 0. The van der Waals surface area contributed by atoms with Crippen LogP contribution < -0.4 is 0 Å². The predicted molar refractivity (Wildman–Crippen MR) is 88.9 cm³/mol. The number of hydrogen-bond donors (Lipinski definition) is 0. The van der Waals surface area contributed by atoms with E-state index in [4.69, 9.17) is 23.2 Å². The van der Waals surface area contributed by atoms with E-state index < -0.39 is 0 Å². The minimum Gasteiger partial charge on any atom is -0.227 e. The molecule has 0 aliphatic carbocycles. The van der Waals surface area contributed by atoms with Crippen molar-refractivity contribution in [3.8, 4) is 5.69 Å². The molecule has 2 aromatic carbocycles. The molecule has 3 rings (SSSR count). The molecule has 2 nitrogen and oxygen atoms in total. The number of nitrogens with zero attached hydrogens (tertiary/aromatic N) is 2. The fourth-order valence-corrected chi connectivity index (χ4v) is 3.74. The van der Waals surface area contributed by atoms with Crippen LogP contribution in [0.25, 0.3) is 5.69 Å². The topological polar surface area (TPSA) is 17.8 Å². The van der Waals surface area contributed by atoms with Crippen molar-refractivity contribution >= 4 is 35.0 Å².